The third-order valence-electron chi connectivity index (χ3n) is 3.11. The molecule has 1 aromatic carbocycles. The Morgan fingerprint density at radius 1 is 1.40 bits per heavy atom. The molecular formula is C12H17BrN2. The maximum atomic E-state index is 6.04. The van der Waals surface area contributed by atoms with Crippen molar-refractivity contribution in [2.24, 2.45) is 5.73 Å². The maximum absolute atomic E-state index is 6.04. The van der Waals surface area contributed by atoms with E-state index in [2.05, 4.69) is 46.4 Å². The first kappa shape index (κ1) is 11.0. The van der Waals surface area contributed by atoms with Crippen LogP contribution in [-0.2, 0) is 0 Å². The van der Waals surface area contributed by atoms with Gasteiger partial charge in [-0.15, -0.1) is 0 Å². The summed E-state index contributed by atoms with van der Waals surface area (Å²) < 4.78 is 1.11. The zero-order chi connectivity index (χ0) is 10.8. The Kier molecular flexibility index (Phi) is 3.32. The molecule has 0 bridgehead atoms. The summed E-state index contributed by atoms with van der Waals surface area (Å²) in [6.07, 6.45) is 3.57. The van der Waals surface area contributed by atoms with Gasteiger partial charge >= 0.3 is 0 Å². The molecule has 3 N–H and O–H groups in total. The van der Waals surface area contributed by atoms with Crippen molar-refractivity contribution in [3.05, 3.63) is 28.2 Å². The topological polar surface area (TPSA) is 38.0 Å². The summed E-state index contributed by atoms with van der Waals surface area (Å²) >= 11 is 3.49. The molecule has 2 atom stereocenters. The van der Waals surface area contributed by atoms with Crippen molar-refractivity contribution >= 4 is 21.6 Å². The van der Waals surface area contributed by atoms with E-state index in [1.807, 2.05) is 0 Å². The van der Waals surface area contributed by atoms with Crippen molar-refractivity contribution in [1.82, 2.24) is 0 Å². The van der Waals surface area contributed by atoms with Crippen LogP contribution in [0.2, 0.25) is 0 Å². The molecule has 1 aliphatic carbocycles. The smallest absolute Gasteiger partial charge is 0.0412 e. The molecule has 1 saturated carbocycles. The van der Waals surface area contributed by atoms with Gasteiger partial charge < -0.3 is 11.1 Å². The van der Waals surface area contributed by atoms with E-state index in [1.54, 1.807) is 0 Å². The molecule has 0 aliphatic heterocycles. The molecule has 2 rings (SSSR count). The Hall–Kier alpha value is -0.540. The van der Waals surface area contributed by atoms with E-state index in [0.717, 1.165) is 10.9 Å². The number of nitrogens with two attached hydrogens (primary N) is 1. The normalized spacial score (nSPS) is 25.5. The lowest BCUT2D eigenvalue weighted by molar-refractivity contribution is 0.637. The fourth-order valence-electron chi connectivity index (χ4n) is 2.12. The van der Waals surface area contributed by atoms with E-state index in [0.29, 0.717) is 12.1 Å². The van der Waals surface area contributed by atoms with Crippen LogP contribution in [-0.4, -0.2) is 12.1 Å². The van der Waals surface area contributed by atoms with Crippen LogP contribution in [0.3, 0.4) is 0 Å². The van der Waals surface area contributed by atoms with E-state index < -0.39 is 0 Å². The van der Waals surface area contributed by atoms with Crippen molar-refractivity contribution in [3.8, 4) is 0 Å². The van der Waals surface area contributed by atoms with Crippen LogP contribution in [0, 0.1) is 6.92 Å². The fourth-order valence-corrected chi connectivity index (χ4v) is 2.48. The molecule has 2 unspecified atom stereocenters. The van der Waals surface area contributed by atoms with E-state index in [-0.39, 0.29) is 0 Å². The lowest BCUT2D eigenvalue weighted by Gasteiger charge is -2.20. The Morgan fingerprint density at radius 3 is 2.87 bits per heavy atom. The van der Waals surface area contributed by atoms with E-state index in [9.17, 15) is 0 Å². The molecule has 1 aromatic rings. The second kappa shape index (κ2) is 4.54. The van der Waals surface area contributed by atoms with Crippen LogP contribution in [0.1, 0.15) is 24.8 Å². The van der Waals surface area contributed by atoms with Crippen molar-refractivity contribution < 1.29 is 0 Å². The minimum atomic E-state index is 0.309. The minimum absolute atomic E-state index is 0.309. The minimum Gasteiger partial charge on any atom is -0.381 e. The zero-order valence-corrected chi connectivity index (χ0v) is 10.5. The van der Waals surface area contributed by atoms with E-state index >= 15 is 0 Å². The van der Waals surface area contributed by atoms with Gasteiger partial charge in [0.15, 0.2) is 0 Å². The van der Waals surface area contributed by atoms with Crippen LogP contribution in [0.15, 0.2) is 22.7 Å². The fraction of sp³-hybridized carbons (Fsp3) is 0.500. The monoisotopic (exact) mass is 268 g/mol. The first-order valence-electron chi connectivity index (χ1n) is 5.45. The first-order chi connectivity index (χ1) is 7.16. The summed E-state index contributed by atoms with van der Waals surface area (Å²) in [4.78, 5) is 0. The van der Waals surface area contributed by atoms with Crippen LogP contribution in [0.25, 0.3) is 0 Å². The molecule has 0 radical (unpaired) electrons. The number of aryl methyl sites for hydroxylation is 1. The Morgan fingerprint density at radius 2 is 2.20 bits per heavy atom. The molecule has 0 heterocycles. The predicted molar refractivity (Wildman–Crippen MR) is 68.1 cm³/mol. The number of halogens is 1. The molecule has 3 heteroatoms. The summed E-state index contributed by atoms with van der Waals surface area (Å²) in [6.45, 7) is 2.12. The van der Waals surface area contributed by atoms with Crippen molar-refractivity contribution in [1.29, 1.82) is 0 Å². The second-order valence-electron chi connectivity index (χ2n) is 4.30. The SMILES string of the molecule is Cc1ccc(Br)cc1NC1CCCC1N. The Bertz CT molecular complexity index is 351. The average molecular weight is 269 g/mol. The molecule has 1 aliphatic rings. The molecule has 82 valence electrons. The van der Waals surface area contributed by atoms with Gasteiger partial charge in [0.05, 0.1) is 0 Å². The van der Waals surface area contributed by atoms with Crippen molar-refractivity contribution in [3.63, 3.8) is 0 Å². The summed E-state index contributed by atoms with van der Waals surface area (Å²) in [5, 5.41) is 3.54. The molecular weight excluding hydrogens is 252 g/mol. The Labute approximate surface area is 99.4 Å². The highest BCUT2D eigenvalue weighted by Gasteiger charge is 2.23. The molecule has 15 heavy (non-hydrogen) atoms. The molecule has 1 fully saturated rings. The van der Waals surface area contributed by atoms with Gasteiger partial charge in [0.2, 0.25) is 0 Å². The summed E-state index contributed by atoms with van der Waals surface area (Å²) in [6, 6.07) is 7.06. The number of anilines is 1. The third-order valence-corrected chi connectivity index (χ3v) is 3.60. The van der Waals surface area contributed by atoms with E-state index in [1.165, 1.54) is 24.1 Å². The third kappa shape index (κ3) is 2.52. The number of rotatable bonds is 2. The van der Waals surface area contributed by atoms with Gasteiger partial charge in [-0.05, 0) is 43.9 Å². The first-order valence-corrected chi connectivity index (χ1v) is 6.24. The maximum Gasteiger partial charge on any atom is 0.0412 e. The molecule has 2 nitrogen and oxygen atoms in total. The van der Waals surface area contributed by atoms with Crippen LogP contribution in [0.5, 0.6) is 0 Å². The quantitative estimate of drug-likeness (QED) is 0.866. The van der Waals surface area contributed by atoms with Crippen LogP contribution in [0.4, 0.5) is 5.69 Å². The van der Waals surface area contributed by atoms with Gasteiger partial charge in [-0.2, -0.15) is 0 Å². The summed E-state index contributed by atoms with van der Waals surface area (Å²) in [5.74, 6) is 0. The highest BCUT2D eigenvalue weighted by atomic mass is 79.9. The van der Waals surface area contributed by atoms with Crippen molar-refractivity contribution in [2.75, 3.05) is 5.32 Å². The van der Waals surface area contributed by atoms with Gasteiger partial charge in [0.25, 0.3) is 0 Å². The molecule has 0 spiro atoms. The lowest BCUT2D eigenvalue weighted by atomic mass is 10.1. The number of hydrogen-bond acceptors (Lipinski definition) is 2. The number of nitrogens with one attached hydrogen (secondary N) is 1. The van der Waals surface area contributed by atoms with Gasteiger partial charge in [-0.3, -0.25) is 0 Å². The predicted octanol–water partition coefficient (Wildman–Crippen LogP) is 3.05. The second-order valence-corrected chi connectivity index (χ2v) is 5.22. The van der Waals surface area contributed by atoms with Gasteiger partial charge in [0, 0.05) is 22.2 Å². The summed E-state index contributed by atoms with van der Waals surface area (Å²) in [7, 11) is 0. The Balaban J connectivity index is 2.12. The molecule has 0 saturated heterocycles. The largest absolute Gasteiger partial charge is 0.381 e. The van der Waals surface area contributed by atoms with Crippen LogP contribution >= 0.6 is 15.9 Å². The number of hydrogen-bond donors (Lipinski definition) is 2. The average Bonchev–Trinajstić information content (AvgIpc) is 2.58. The molecule has 0 aromatic heterocycles. The highest BCUT2D eigenvalue weighted by Crippen LogP contribution is 2.26. The summed E-state index contributed by atoms with van der Waals surface area (Å²) in [5.41, 5.74) is 8.52. The zero-order valence-electron chi connectivity index (χ0n) is 8.96. The van der Waals surface area contributed by atoms with Gasteiger partial charge in [-0.25, -0.2) is 0 Å². The van der Waals surface area contributed by atoms with Crippen LogP contribution < -0.4 is 11.1 Å². The van der Waals surface area contributed by atoms with Gasteiger partial charge in [0.1, 0.15) is 0 Å². The standard InChI is InChI=1S/C12H17BrN2/c1-8-5-6-9(13)7-12(8)15-11-4-2-3-10(11)14/h5-7,10-11,15H,2-4,14H2,1H3. The van der Waals surface area contributed by atoms with Crippen molar-refractivity contribution in [2.45, 2.75) is 38.3 Å². The number of benzene rings is 1. The molecule has 0 amide bonds. The lowest BCUT2D eigenvalue weighted by Crippen LogP contribution is -2.35. The van der Waals surface area contributed by atoms with Gasteiger partial charge in [-0.1, -0.05) is 22.0 Å². The van der Waals surface area contributed by atoms with E-state index in [4.69, 9.17) is 5.73 Å². The highest BCUT2D eigenvalue weighted by molar-refractivity contribution is 9.10.